The molecule has 0 fully saturated rings. The highest BCUT2D eigenvalue weighted by Crippen LogP contribution is 2.26. The van der Waals surface area contributed by atoms with E-state index in [0.29, 0.717) is 25.2 Å². The van der Waals surface area contributed by atoms with Gasteiger partial charge in [0.2, 0.25) is 5.91 Å². The molecule has 0 aliphatic heterocycles. The summed E-state index contributed by atoms with van der Waals surface area (Å²) in [4.78, 5) is 11.0. The Bertz CT molecular complexity index is 402. The van der Waals surface area contributed by atoms with Gasteiger partial charge in [-0.25, -0.2) is 0 Å². The summed E-state index contributed by atoms with van der Waals surface area (Å²) in [5, 5.41) is 12.2. The first-order chi connectivity index (χ1) is 8.54. The number of benzene rings is 1. The van der Waals surface area contributed by atoms with Gasteiger partial charge >= 0.3 is 0 Å². The van der Waals surface area contributed by atoms with Crippen LogP contribution >= 0.6 is 0 Å². The van der Waals surface area contributed by atoms with Gasteiger partial charge in [-0.15, -0.1) is 0 Å². The fraction of sp³-hybridized carbons (Fsp3) is 0.500. The van der Waals surface area contributed by atoms with Crippen LogP contribution in [0.1, 0.15) is 37.0 Å². The molecule has 1 aromatic carbocycles. The minimum absolute atomic E-state index is 0.0123. The molecule has 0 saturated heterocycles. The fourth-order valence-electron chi connectivity index (χ4n) is 1.67. The van der Waals surface area contributed by atoms with Crippen LogP contribution in [0.4, 0.5) is 0 Å². The van der Waals surface area contributed by atoms with E-state index in [1.54, 1.807) is 14.0 Å². The van der Waals surface area contributed by atoms with E-state index in [-0.39, 0.29) is 5.91 Å². The quantitative estimate of drug-likeness (QED) is 0.760. The summed E-state index contributed by atoms with van der Waals surface area (Å²) >= 11 is 0. The molecule has 4 heteroatoms. The Morgan fingerprint density at radius 2 is 2.22 bits per heavy atom. The Morgan fingerprint density at radius 1 is 1.50 bits per heavy atom. The predicted molar refractivity (Wildman–Crippen MR) is 70.6 cm³/mol. The van der Waals surface area contributed by atoms with Gasteiger partial charge < -0.3 is 15.2 Å². The zero-order chi connectivity index (χ0) is 13.5. The molecule has 0 radical (unpaired) electrons. The van der Waals surface area contributed by atoms with E-state index in [1.165, 1.54) is 0 Å². The van der Waals surface area contributed by atoms with Crippen molar-refractivity contribution in [2.45, 2.75) is 32.8 Å². The maximum absolute atomic E-state index is 11.0. The van der Waals surface area contributed by atoms with E-state index < -0.39 is 6.10 Å². The molecule has 0 spiro atoms. The van der Waals surface area contributed by atoms with Gasteiger partial charge in [0.1, 0.15) is 5.75 Å². The lowest BCUT2D eigenvalue weighted by Crippen LogP contribution is -2.18. The Labute approximate surface area is 108 Å². The van der Waals surface area contributed by atoms with Gasteiger partial charge in [0.15, 0.2) is 0 Å². The Balaban J connectivity index is 2.54. The number of aliphatic hydroxyl groups excluding tert-OH is 1. The lowest BCUT2D eigenvalue weighted by molar-refractivity contribution is -0.120. The second kappa shape index (κ2) is 7.01. The van der Waals surface area contributed by atoms with Gasteiger partial charge in [0, 0.05) is 19.0 Å². The smallest absolute Gasteiger partial charge is 0.219 e. The average Bonchev–Trinajstić information content (AvgIpc) is 2.35. The number of hydrogen-bond donors (Lipinski definition) is 2. The number of amides is 1. The summed E-state index contributed by atoms with van der Waals surface area (Å²) in [6.45, 7) is 4.16. The molecule has 1 aromatic rings. The lowest BCUT2D eigenvalue weighted by atomic mass is 10.1. The van der Waals surface area contributed by atoms with Crippen LogP contribution in [0.5, 0.6) is 5.75 Å². The summed E-state index contributed by atoms with van der Waals surface area (Å²) in [6, 6.07) is 5.72. The van der Waals surface area contributed by atoms with Crippen LogP contribution < -0.4 is 10.1 Å². The summed E-state index contributed by atoms with van der Waals surface area (Å²) in [5.74, 6) is 0.700. The summed E-state index contributed by atoms with van der Waals surface area (Å²) in [7, 11) is 1.62. The van der Waals surface area contributed by atoms with Gasteiger partial charge in [-0.1, -0.05) is 11.6 Å². The topological polar surface area (TPSA) is 58.6 Å². The third kappa shape index (κ3) is 4.37. The second-order valence-corrected chi connectivity index (χ2v) is 4.34. The van der Waals surface area contributed by atoms with Crippen LogP contribution in [-0.2, 0) is 4.79 Å². The molecule has 0 aromatic heterocycles. The van der Waals surface area contributed by atoms with Gasteiger partial charge in [0.25, 0.3) is 0 Å². The molecule has 0 saturated carbocycles. The molecule has 2 N–H and O–H groups in total. The summed E-state index contributed by atoms with van der Waals surface area (Å²) in [6.07, 6.45) is 0.554. The third-order valence-electron chi connectivity index (χ3n) is 2.70. The summed E-state index contributed by atoms with van der Waals surface area (Å²) < 4.78 is 5.61. The van der Waals surface area contributed by atoms with Crippen LogP contribution in [-0.4, -0.2) is 24.7 Å². The molecular weight excluding hydrogens is 230 g/mol. The van der Waals surface area contributed by atoms with Crippen molar-refractivity contribution in [2.24, 2.45) is 0 Å². The fourth-order valence-corrected chi connectivity index (χ4v) is 1.67. The van der Waals surface area contributed by atoms with E-state index in [1.807, 2.05) is 25.1 Å². The zero-order valence-corrected chi connectivity index (χ0v) is 11.2. The second-order valence-electron chi connectivity index (χ2n) is 4.34. The van der Waals surface area contributed by atoms with Crippen LogP contribution in [0.3, 0.4) is 0 Å². The van der Waals surface area contributed by atoms with E-state index in [4.69, 9.17) is 4.74 Å². The monoisotopic (exact) mass is 251 g/mol. The first-order valence-corrected chi connectivity index (χ1v) is 6.16. The van der Waals surface area contributed by atoms with E-state index in [2.05, 4.69) is 5.32 Å². The molecule has 0 aliphatic rings. The van der Waals surface area contributed by atoms with Crippen molar-refractivity contribution in [3.63, 3.8) is 0 Å². The summed E-state index contributed by atoms with van der Waals surface area (Å²) in [5.41, 5.74) is 1.87. The highest BCUT2D eigenvalue weighted by Gasteiger charge is 2.09. The minimum Gasteiger partial charge on any atom is -0.493 e. The maximum Gasteiger partial charge on any atom is 0.219 e. The molecule has 1 amide bonds. The Hall–Kier alpha value is -1.55. The van der Waals surface area contributed by atoms with E-state index in [0.717, 1.165) is 11.1 Å². The van der Waals surface area contributed by atoms with Crippen LogP contribution in [0.2, 0.25) is 0 Å². The molecule has 1 atom stereocenters. The SMILES string of the molecule is CNC(=O)CCCOc1ccc(C)cc1[C@H](C)O. The van der Waals surface area contributed by atoms with Crippen molar-refractivity contribution >= 4 is 5.91 Å². The van der Waals surface area contributed by atoms with Crippen molar-refractivity contribution in [2.75, 3.05) is 13.7 Å². The van der Waals surface area contributed by atoms with Crippen LogP contribution in [0.25, 0.3) is 0 Å². The Kier molecular flexibility index (Phi) is 5.65. The predicted octanol–water partition coefficient (Wildman–Crippen LogP) is 1.95. The maximum atomic E-state index is 11.0. The number of aryl methyl sites for hydroxylation is 1. The van der Waals surface area contributed by atoms with Gasteiger partial charge in [0.05, 0.1) is 12.7 Å². The molecule has 0 aliphatic carbocycles. The first-order valence-electron chi connectivity index (χ1n) is 6.16. The third-order valence-corrected chi connectivity index (χ3v) is 2.70. The van der Waals surface area contributed by atoms with Crippen molar-refractivity contribution in [1.82, 2.24) is 5.32 Å². The van der Waals surface area contributed by atoms with Gasteiger partial charge in [-0.2, -0.15) is 0 Å². The highest BCUT2D eigenvalue weighted by atomic mass is 16.5. The largest absolute Gasteiger partial charge is 0.493 e. The van der Waals surface area contributed by atoms with Crippen molar-refractivity contribution in [3.05, 3.63) is 29.3 Å². The number of rotatable bonds is 6. The highest BCUT2D eigenvalue weighted by molar-refractivity contribution is 5.75. The van der Waals surface area contributed by atoms with Gasteiger partial charge in [-0.3, -0.25) is 4.79 Å². The van der Waals surface area contributed by atoms with Crippen molar-refractivity contribution in [3.8, 4) is 5.75 Å². The number of carbonyl (C=O) groups is 1. The number of hydrogen-bond acceptors (Lipinski definition) is 3. The normalized spacial score (nSPS) is 12.0. The molecule has 4 nitrogen and oxygen atoms in total. The molecular formula is C14H21NO3. The van der Waals surface area contributed by atoms with E-state index in [9.17, 15) is 9.90 Å². The first kappa shape index (κ1) is 14.5. The van der Waals surface area contributed by atoms with Crippen molar-refractivity contribution < 1.29 is 14.6 Å². The minimum atomic E-state index is -0.557. The molecule has 0 bridgehead atoms. The van der Waals surface area contributed by atoms with Crippen LogP contribution in [0, 0.1) is 6.92 Å². The van der Waals surface area contributed by atoms with Crippen molar-refractivity contribution in [1.29, 1.82) is 0 Å². The average molecular weight is 251 g/mol. The Morgan fingerprint density at radius 3 is 2.83 bits per heavy atom. The number of nitrogens with one attached hydrogen (secondary N) is 1. The van der Waals surface area contributed by atoms with Crippen LogP contribution in [0.15, 0.2) is 18.2 Å². The molecule has 1 rings (SSSR count). The van der Waals surface area contributed by atoms with E-state index >= 15 is 0 Å². The molecule has 0 unspecified atom stereocenters. The molecule has 100 valence electrons. The zero-order valence-electron chi connectivity index (χ0n) is 11.2. The number of ether oxygens (including phenoxy) is 1. The standard InChI is InChI=1S/C14H21NO3/c1-10-6-7-13(12(9-10)11(2)16)18-8-4-5-14(17)15-3/h6-7,9,11,16H,4-5,8H2,1-3H3,(H,15,17)/t11-/m0/s1. The molecule has 0 heterocycles. The number of carbonyl (C=O) groups excluding carboxylic acids is 1. The molecule has 18 heavy (non-hydrogen) atoms. The number of aliphatic hydroxyl groups is 1. The lowest BCUT2D eigenvalue weighted by Gasteiger charge is -2.14. The van der Waals surface area contributed by atoms with Gasteiger partial charge in [-0.05, 0) is 32.4 Å².